The number of ether oxygens (including phenoxy) is 1. The summed E-state index contributed by atoms with van der Waals surface area (Å²) in [6.07, 6.45) is 0.224. The molecule has 0 bridgehead atoms. The first-order valence-corrected chi connectivity index (χ1v) is 5.96. The van der Waals surface area contributed by atoms with Gasteiger partial charge in [-0.25, -0.2) is 8.78 Å². The van der Waals surface area contributed by atoms with Gasteiger partial charge in [0, 0.05) is 12.7 Å². The van der Waals surface area contributed by atoms with Crippen molar-refractivity contribution >= 4 is 0 Å². The molecule has 0 saturated heterocycles. The molecule has 0 aromatic heterocycles. The first kappa shape index (κ1) is 13.5. The minimum atomic E-state index is -0.954. The normalized spacial score (nSPS) is 10.5. The van der Waals surface area contributed by atoms with Crippen molar-refractivity contribution in [3.8, 4) is 5.75 Å². The molecule has 1 N–H and O–H groups in total. The predicted octanol–water partition coefficient (Wildman–Crippen LogP) is 3.08. The van der Waals surface area contributed by atoms with E-state index in [4.69, 9.17) is 9.84 Å². The van der Waals surface area contributed by atoms with Crippen molar-refractivity contribution in [2.24, 2.45) is 0 Å². The maximum Gasteiger partial charge on any atom is 0.162 e. The molecule has 0 amide bonds. The molecule has 2 rings (SSSR count). The van der Waals surface area contributed by atoms with E-state index >= 15 is 0 Å². The van der Waals surface area contributed by atoms with Gasteiger partial charge in [0.05, 0.1) is 0 Å². The van der Waals surface area contributed by atoms with Gasteiger partial charge in [0.1, 0.15) is 12.4 Å². The molecule has 0 unspecified atom stereocenters. The number of halogens is 2. The van der Waals surface area contributed by atoms with Crippen LogP contribution in [0, 0.1) is 11.6 Å². The summed E-state index contributed by atoms with van der Waals surface area (Å²) in [6.45, 7) is 0.122. The Morgan fingerprint density at radius 3 is 2.37 bits per heavy atom. The maximum atomic E-state index is 13.2. The molecule has 2 aromatic rings. The molecule has 0 aliphatic rings. The first-order chi connectivity index (χ1) is 9.20. The molecule has 0 aliphatic carbocycles. The van der Waals surface area contributed by atoms with Gasteiger partial charge >= 0.3 is 0 Å². The van der Waals surface area contributed by atoms with Crippen LogP contribution in [0.25, 0.3) is 0 Å². The van der Waals surface area contributed by atoms with Gasteiger partial charge in [-0.15, -0.1) is 0 Å². The zero-order valence-corrected chi connectivity index (χ0v) is 10.3. The SMILES string of the molecule is OCCc1cc(F)c(F)cc1OCc1ccccc1. The fourth-order valence-corrected chi connectivity index (χ4v) is 1.76. The van der Waals surface area contributed by atoms with Crippen LogP contribution in [0.3, 0.4) is 0 Å². The van der Waals surface area contributed by atoms with Crippen molar-refractivity contribution in [1.82, 2.24) is 0 Å². The second kappa shape index (κ2) is 6.29. The minimum absolute atomic E-state index is 0.146. The Morgan fingerprint density at radius 1 is 1.00 bits per heavy atom. The van der Waals surface area contributed by atoms with Crippen LogP contribution < -0.4 is 4.74 Å². The van der Waals surface area contributed by atoms with Gasteiger partial charge in [-0.2, -0.15) is 0 Å². The summed E-state index contributed by atoms with van der Waals surface area (Å²) in [7, 11) is 0. The summed E-state index contributed by atoms with van der Waals surface area (Å²) in [4.78, 5) is 0. The van der Waals surface area contributed by atoms with Crippen LogP contribution in [0.1, 0.15) is 11.1 Å². The largest absolute Gasteiger partial charge is 0.489 e. The van der Waals surface area contributed by atoms with Crippen molar-refractivity contribution < 1.29 is 18.6 Å². The third kappa shape index (κ3) is 3.51. The van der Waals surface area contributed by atoms with E-state index in [1.807, 2.05) is 30.3 Å². The van der Waals surface area contributed by atoms with Crippen LogP contribution in [-0.4, -0.2) is 11.7 Å². The van der Waals surface area contributed by atoms with E-state index in [1.54, 1.807) is 0 Å². The van der Waals surface area contributed by atoms with Gasteiger partial charge in [0.15, 0.2) is 11.6 Å². The lowest BCUT2D eigenvalue weighted by atomic mass is 10.1. The van der Waals surface area contributed by atoms with Crippen LogP contribution in [0.2, 0.25) is 0 Å². The lowest BCUT2D eigenvalue weighted by Gasteiger charge is -2.11. The molecule has 0 saturated carbocycles. The Morgan fingerprint density at radius 2 is 1.68 bits per heavy atom. The summed E-state index contributed by atoms with van der Waals surface area (Å²) in [5.41, 5.74) is 1.39. The Labute approximate surface area is 110 Å². The second-order valence-corrected chi connectivity index (χ2v) is 4.12. The summed E-state index contributed by atoms with van der Waals surface area (Å²) >= 11 is 0. The Balaban J connectivity index is 2.16. The number of hydrogen-bond donors (Lipinski definition) is 1. The highest BCUT2D eigenvalue weighted by Gasteiger charge is 2.11. The average Bonchev–Trinajstić information content (AvgIpc) is 2.42. The van der Waals surface area contributed by atoms with E-state index in [-0.39, 0.29) is 25.4 Å². The van der Waals surface area contributed by atoms with E-state index in [1.165, 1.54) is 0 Å². The van der Waals surface area contributed by atoms with Crippen LogP contribution in [-0.2, 0) is 13.0 Å². The fraction of sp³-hybridized carbons (Fsp3) is 0.200. The van der Waals surface area contributed by atoms with Crippen molar-refractivity contribution in [2.45, 2.75) is 13.0 Å². The van der Waals surface area contributed by atoms with E-state index < -0.39 is 11.6 Å². The molecule has 0 radical (unpaired) electrons. The van der Waals surface area contributed by atoms with Crippen molar-refractivity contribution in [2.75, 3.05) is 6.61 Å². The zero-order chi connectivity index (χ0) is 13.7. The molecule has 0 atom stereocenters. The second-order valence-electron chi connectivity index (χ2n) is 4.12. The summed E-state index contributed by atoms with van der Waals surface area (Å²) in [5, 5.41) is 8.92. The van der Waals surface area contributed by atoms with E-state index in [0.29, 0.717) is 5.56 Å². The average molecular weight is 264 g/mol. The molecule has 19 heavy (non-hydrogen) atoms. The first-order valence-electron chi connectivity index (χ1n) is 5.96. The Hall–Kier alpha value is -1.94. The maximum absolute atomic E-state index is 13.2. The molecule has 100 valence electrons. The van der Waals surface area contributed by atoms with Crippen molar-refractivity contribution in [1.29, 1.82) is 0 Å². The number of benzene rings is 2. The summed E-state index contributed by atoms with van der Waals surface area (Å²) in [5.74, 6) is -1.63. The fourth-order valence-electron chi connectivity index (χ4n) is 1.76. The molecule has 0 aliphatic heterocycles. The van der Waals surface area contributed by atoms with Crippen molar-refractivity contribution in [3.05, 3.63) is 65.2 Å². The topological polar surface area (TPSA) is 29.5 Å². The number of rotatable bonds is 5. The highest BCUT2D eigenvalue weighted by Crippen LogP contribution is 2.24. The Bertz CT molecular complexity index is 541. The highest BCUT2D eigenvalue weighted by molar-refractivity contribution is 5.35. The zero-order valence-electron chi connectivity index (χ0n) is 10.3. The third-order valence-electron chi connectivity index (χ3n) is 2.72. The van der Waals surface area contributed by atoms with Gasteiger partial charge < -0.3 is 9.84 Å². The smallest absolute Gasteiger partial charge is 0.162 e. The molecule has 2 nitrogen and oxygen atoms in total. The molecule has 4 heteroatoms. The molecule has 2 aromatic carbocycles. The van der Waals surface area contributed by atoms with Gasteiger partial charge in [-0.05, 0) is 23.6 Å². The predicted molar refractivity (Wildman–Crippen MR) is 67.9 cm³/mol. The quantitative estimate of drug-likeness (QED) is 0.899. The van der Waals surface area contributed by atoms with E-state index in [9.17, 15) is 8.78 Å². The summed E-state index contributed by atoms with van der Waals surface area (Å²) in [6, 6.07) is 11.5. The summed E-state index contributed by atoms with van der Waals surface area (Å²) < 4.78 is 31.8. The lowest BCUT2D eigenvalue weighted by molar-refractivity contribution is 0.282. The van der Waals surface area contributed by atoms with Gasteiger partial charge in [-0.1, -0.05) is 30.3 Å². The molecule has 0 heterocycles. The van der Waals surface area contributed by atoms with Crippen LogP contribution in [0.4, 0.5) is 8.78 Å². The van der Waals surface area contributed by atoms with Crippen LogP contribution >= 0.6 is 0 Å². The molecular formula is C15H14F2O2. The number of aliphatic hydroxyl groups excluding tert-OH is 1. The minimum Gasteiger partial charge on any atom is -0.489 e. The Kier molecular flexibility index (Phi) is 4.47. The molecule has 0 fully saturated rings. The van der Waals surface area contributed by atoms with Crippen LogP contribution in [0.15, 0.2) is 42.5 Å². The lowest BCUT2D eigenvalue weighted by Crippen LogP contribution is -2.02. The third-order valence-corrected chi connectivity index (χ3v) is 2.72. The van der Waals surface area contributed by atoms with Gasteiger partial charge in [-0.3, -0.25) is 0 Å². The van der Waals surface area contributed by atoms with E-state index in [2.05, 4.69) is 0 Å². The van der Waals surface area contributed by atoms with Gasteiger partial charge in [0.2, 0.25) is 0 Å². The standard InChI is InChI=1S/C15H14F2O2/c16-13-8-12(6-7-18)15(9-14(13)17)19-10-11-4-2-1-3-5-11/h1-5,8-9,18H,6-7,10H2. The monoisotopic (exact) mass is 264 g/mol. The van der Waals surface area contributed by atoms with Gasteiger partial charge in [0.25, 0.3) is 0 Å². The number of aliphatic hydroxyl groups is 1. The van der Waals surface area contributed by atoms with E-state index in [0.717, 1.165) is 17.7 Å². The van der Waals surface area contributed by atoms with Crippen LogP contribution in [0.5, 0.6) is 5.75 Å². The van der Waals surface area contributed by atoms with Crippen molar-refractivity contribution in [3.63, 3.8) is 0 Å². The highest BCUT2D eigenvalue weighted by atomic mass is 19.2. The number of hydrogen-bond acceptors (Lipinski definition) is 2. The molecular weight excluding hydrogens is 250 g/mol. The molecule has 0 spiro atoms.